The molecule has 1 saturated heterocycles. The second-order valence-corrected chi connectivity index (χ2v) is 8.58. The van der Waals surface area contributed by atoms with Gasteiger partial charge in [-0.05, 0) is 38.5 Å². The van der Waals surface area contributed by atoms with Crippen molar-refractivity contribution in [2.75, 3.05) is 31.3 Å². The molecule has 3 aromatic heterocycles. The van der Waals surface area contributed by atoms with E-state index in [1.165, 1.54) is 4.68 Å². The highest BCUT2D eigenvalue weighted by atomic mass is 19.1. The SMILES string of the molecule is CCNC(=O)c1cc(-c2cc(C)c3c(n2)C2(COC2)N(c2cnn(CCF)c2)C3=O)cnc1C. The summed E-state index contributed by atoms with van der Waals surface area (Å²) in [6.45, 7) is 6.21. The molecule has 176 valence electrons. The van der Waals surface area contributed by atoms with E-state index in [2.05, 4.69) is 15.4 Å². The minimum Gasteiger partial charge on any atom is -0.375 e. The quantitative estimate of drug-likeness (QED) is 0.602. The number of aryl methyl sites for hydroxylation is 3. The van der Waals surface area contributed by atoms with Gasteiger partial charge in [-0.2, -0.15) is 5.10 Å². The Balaban J connectivity index is 1.60. The van der Waals surface area contributed by atoms with Gasteiger partial charge >= 0.3 is 0 Å². The number of halogens is 1. The number of pyridine rings is 2. The smallest absolute Gasteiger partial charge is 0.261 e. The van der Waals surface area contributed by atoms with Crippen molar-refractivity contribution in [1.29, 1.82) is 0 Å². The van der Waals surface area contributed by atoms with Gasteiger partial charge in [-0.1, -0.05) is 0 Å². The van der Waals surface area contributed by atoms with E-state index in [9.17, 15) is 14.0 Å². The molecule has 34 heavy (non-hydrogen) atoms. The average Bonchev–Trinajstić information content (AvgIpc) is 3.34. The Morgan fingerprint density at radius 3 is 2.74 bits per heavy atom. The molecule has 0 radical (unpaired) electrons. The van der Waals surface area contributed by atoms with Crippen LogP contribution in [0, 0.1) is 13.8 Å². The molecule has 0 aliphatic carbocycles. The molecule has 3 aromatic rings. The van der Waals surface area contributed by atoms with Crippen molar-refractivity contribution in [1.82, 2.24) is 25.1 Å². The summed E-state index contributed by atoms with van der Waals surface area (Å²) < 4.78 is 19.8. The summed E-state index contributed by atoms with van der Waals surface area (Å²) in [5.41, 5.74) is 4.20. The number of hydrogen-bond donors (Lipinski definition) is 1. The second kappa shape index (κ2) is 8.28. The fourth-order valence-corrected chi connectivity index (χ4v) is 4.60. The number of anilines is 1. The van der Waals surface area contributed by atoms with E-state index in [4.69, 9.17) is 9.72 Å². The zero-order valence-corrected chi connectivity index (χ0v) is 19.3. The molecule has 2 aliphatic rings. The van der Waals surface area contributed by atoms with Crippen LogP contribution >= 0.6 is 0 Å². The number of carbonyl (C=O) groups excluding carboxylic acids is 2. The number of hydrogen-bond acceptors (Lipinski definition) is 6. The molecule has 0 atom stereocenters. The minimum atomic E-state index is -0.753. The van der Waals surface area contributed by atoms with E-state index in [0.29, 0.717) is 59.2 Å². The van der Waals surface area contributed by atoms with Gasteiger partial charge in [0.05, 0.1) is 59.9 Å². The Kier molecular flexibility index (Phi) is 5.40. The van der Waals surface area contributed by atoms with Crippen molar-refractivity contribution in [2.24, 2.45) is 0 Å². The number of fused-ring (bicyclic) bond motifs is 2. The number of alkyl halides is 1. The number of nitrogens with one attached hydrogen (secondary N) is 1. The van der Waals surface area contributed by atoms with Gasteiger partial charge in [0, 0.05) is 24.5 Å². The molecule has 0 aromatic carbocycles. The Bertz CT molecular complexity index is 1300. The molecule has 0 bridgehead atoms. The van der Waals surface area contributed by atoms with Crippen molar-refractivity contribution in [2.45, 2.75) is 32.9 Å². The van der Waals surface area contributed by atoms with Crippen LogP contribution in [0.25, 0.3) is 11.3 Å². The van der Waals surface area contributed by atoms with Gasteiger partial charge in [0.1, 0.15) is 12.2 Å². The summed E-state index contributed by atoms with van der Waals surface area (Å²) >= 11 is 0. The number of ether oxygens (including phenoxy) is 1. The van der Waals surface area contributed by atoms with Crippen LogP contribution < -0.4 is 10.2 Å². The minimum absolute atomic E-state index is 0.119. The Hall–Kier alpha value is -3.66. The third-order valence-corrected chi connectivity index (χ3v) is 6.34. The molecular formula is C24H25FN6O3. The third-order valence-electron chi connectivity index (χ3n) is 6.34. The largest absolute Gasteiger partial charge is 0.375 e. The van der Waals surface area contributed by atoms with Crippen LogP contribution in [-0.4, -0.2) is 58.0 Å². The van der Waals surface area contributed by atoms with E-state index in [1.807, 2.05) is 19.9 Å². The van der Waals surface area contributed by atoms with Crippen LogP contribution in [0.1, 0.15) is 44.6 Å². The lowest BCUT2D eigenvalue weighted by molar-refractivity contribution is -0.0567. The normalized spacial score (nSPS) is 16.0. The predicted molar refractivity (Wildman–Crippen MR) is 122 cm³/mol. The topological polar surface area (TPSA) is 102 Å². The van der Waals surface area contributed by atoms with Crippen LogP contribution in [0.15, 0.2) is 30.7 Å². The molecule has 0 unspecified atom stereocenters. The van der Waals surface area contributed by atoms with Gasteiger partial charge in [0.25, 0.3) is 11.8 Å². The van der Waals surface area contributed by atoms with Gasteiger partial charge < -0.3 is 10.1 Å². The molecule has 1 spiro atoms. The van der Waals surface area contributed by atoms with Crippen molar-refractivity contribution in [3.63, 3.8) is 0 Å². The van der Waals surface area contributed by atoms with Crippen molar-refractivity contribution < 1.29 is 18.7 Å². The zero-order chi connectivity index (χ0) is 24.0. The first-order chi connectivity index (χ1) is 16.4. The molecule has 1 N–H and O–H groups in total. The molecule has 0 saturated carbocycles. The summed E-state index contributed by atoms with van der Waals surface area (Å²) in [5.74, 6) is -0.373. The summed E-state index contributed by atoms with van der Waals surface area (Å²) in [6, 6.07) is 3.62. The maximum Gasteiger partial charge on any atom is 0.261 e. The van der Waals surface area contributed by atoms with Gasteiger partial charge in [-0.25, -0.2) is 9.37 Å². The highest BCUT2D eigenvalue weighted by molar-refractivity contribution is 6.13. The zero-order valence-electron chi connectivity index (χ0n) is 19.3. The molecule has 1 fully saturated rings. The molecular weight excluding hydrogens is 439 g/mol. The fourth-order valence-electron chi connectivity index (χ4n) is 4.60. The fraction of sp³-hybridized carbons (Fsp3) is 0.375. The van der Waals surface area contributed by atoms with E-state index in [0.717, 1.165) is 5.56 Å². The summed E-state index contributed by atoms with van der Waals surface area (Å²) in [7, 11) is 0. The van der Waals surface area contributed by atoms with Crippen LogP contribution in [0.2, 0.25) is 0 Å². The van der Waals surface area contributed by atoms with E-state index < -0.39 is 12.2 Å². The lowest BCUT2D eigenvalue weighted by Gasteiger charge is -2.44. The first kappa shape index (κ1) is 22.1. The molecule has 5 rings (SSSR count). The summed E-state index contributed by atoms with van der Waals surface area (Å²) in [6.07, 6.45) is 4.92. The molecule has 2 amide bonds. The first-order valence-corrected chi connectivity index (χ1v) is 11.2. The van der Waals surface area contributed by atoms with E-state index in [-0.39, 0.29) is 18.4 Å². The van der Waals surface area contributed by atoms with E-state index in [1.54, 1.807) is 36.5 Å². The molecule has 10 heteroatoms. The molecule has 9 nitrogen and oxygen atoms in total. The monoisotopic (exact) mass is 464 g/mol. The predicted octanol–water partition coefficient (Wildman–Crippen LogP) is 2.56. The maximum absolute atomic E-state index is 13.6. The maximum atomic E-state index is 13.6. The highest BCUT2D eigenvalue weighted by Crippen LogP contribution is 2.47. The summed E-state index contributed by atoms with van der Waals surface area (Å²) in [5, 5.41) is 6.99. The van der Waals surface area contributed by atoms with Crippen molar-refractivity contribution in [3.8, 4) is 11.3 Å². The van der Waals surface area contributed by atoms with Crippen molar-refractivity contribution >= 4 is 17.5 Å². The van der Waals surface area contributed by atoms with Gasteiger partial charge in [0.15, 0.2) is 0 Å². The van der Waals surface area contributed by atoms with Crippen LogP contribution in [0.4, 0.5) is 10.1 Å². The van der Waals surface area contributed by atoms with Crippen LogP contribution in [0.5, 0.6) is 0 Å². The number of amides is 2. The van der Waals surface area contributed by atoms with Gasteiger partial charge in [-0.15, -0.1) is 0 Å². The average molecular weight is 465 g/mol. The van der Waals surface area contributed by atoms with Crippen LogP contribution in [0.3, 0.4) is 0 Å². The Morgan fingerprint density at radius 1 is 1.26 bits per heavy atom. The Morgan fingerprint density at radius 2 is 2.06 bits per heavy atom. The standard InChI is InChI=1S/C24H25FN6O3/c1-4-26-22(32)18-8-16(9-27-15(18)3)19-7-14(2)20-21(29-19)24(12-34-13-24)31(23(20)33)17-10-28-30(11-17)6-5-25/h7-11H,4-6,12-13H2,1-3H3,(H,26,32). The Labute approximate surface area is 196 Å². The van der Waals surface area contributed by atoms with Crippen molar-refractivity contribution in [3.05, 3.63) is 58.8 Å². The van der Waals surface area contributed by atoms with Crippen LogP contribution in [-0.2, 0) is 16.8 Å². The third kappa shape index (κ3) is 3.28. The number of carbonyl (C=O) groups is 2. The lowest BCUT2D eigenvalue weighted by atomic mass is 9.90. The number of aromatic nitrogens is 4. The summed E-state index contributed by atoms with van der Waals surface area (Å²) in [4.78, 5) is 37.0. The second-order valence-electron chi connectivity index (χ2n) is 8.58. The first-order valence-electron chi connectivity index (χ1n) is 11.2. The van der Waals surface area contributed by atoms with Gasteiger partial charge in [0.2, 0.25) is 0 Å². The number of rotatable bonds is 6. The highest BCUT2D eigenvalue weighted by Gasteiger charge is 2.57. The lowest BCUT2D eigenvalue weighted by Crippen LogP contribution is -2.58. The van der Waals surface area contributed by atoms with Gasteiger partial charge in [-0.3, -0.25) is 24.2 Å². The molecule has 5 heterocycles. The molecule has 2 aliphatic heterocycles. The van der Waals surface area contributed by atoms with E-state index >= 15 is 0 Å². The number of nitrogens with zero attached hydrogens (tertiary/aromatic N) is 5.